The Labute approximate surface area is 111 Å². The Morgan fingerprint density at radius 2 is 2.33 bits per heavy atom. The monoisotopic (exact) mass is 262 g/mol. The van der Waals surface area contributed by atoms with Gasteiger partial charge in [-0.05, 0) is 43.5 Å². The number of nitrogens with one attached hydrogen (secondary N) is 1. The molecule has 0 bridgehead atoms. The Hall–Kier alpha value is -1.13. The zero-order valence-corrected chi connectivity index (χ0v) is 11.6. The van der Waals surface area contributed by atoms with Crippen LogP contribution in [0.1, 0.15) is 30.8 Å². The first-order valence-corrected chi connectivity index (χ1v) is 7.27. The number of hydrogen-bond donors (Lipinski definition) is 1. The Bertz CT molecular complexity index is 552. The number of fused-ring (bicyclic) bond motifs is 1. The highest BCUT2D eigenvalue weighted by Gasteiger charge is 2.25. The molecule has 1 aliphatic heterocycles. The van der Waals surface area contributed by atoms with E-state index in [0.717, 1.165) is 17.8 Å². The van der Waals surface area contributed by atoms with Gasteiger partial charge >= 0.3 is 0 Å². The minimum atomic E-state index is 0.419. The minimum Gasteiger partial charge on any atom is -0.497 e. The van der Waals surface area contributed by atoms with Crippen molar-refractivity contribution in [2.75, 3.05) is 13.7 Å². The molecule has 96 valence electrons. The van der Waals surface area contributed by atoms with Crippen molar-refractivity contribution in [3.05, 3.63) is 23.2 Å². The predicted octanol–water partition coefficient (Wildman–Crippen LogP) is 3.37. The molecule has 3 nitrogen and oxygen atoms in total. The van der Waals surface area contributed by atoms with Crippen molar-refractivity contribution in [3.63, 3.8) is 0 Å². The first-order chi connectivity index (χ1) is 8.78. The summed E-state index contributed by atoms with van der Waals surface area (Å²) in [5, 5.41) is 4.80. The van der Waals surface area contributed by atoms with E-state index in [-0.39, 0.29) is 0 Å². The van der Waals surface area contributed by atoms with Gasteiger partial charge in [0.25, 0.3) is 0 Å². The van der Waals surface area contributed by atoms with Crippen molar-refractivity contribution in [1.82, 2.24) is 10.3 Å². The summed E-state index contributed by atoms with van der Waals surface area (Å²) in [5.74, 6) is 1.57. The lowest BCUT2D eigenvalue weighted by Gasteiger charge is -2.28. The van der Waals surface area contributed by atoms with Crippen LogP contribution in [-0.2, 0) is 0 Å². The SMILES string of the molecule is COc1ccc2nc(C3NCCCC3C)sc2c1. The third-order valence-electron chi connectivity index (χ3n) is 3.65. The van der Waals surface area contributed by atoms with E-state index in [0.29, 0.717) is 12.0 Å². The van der Waals surface area contributed by atoms with Gasteiger partial charge in [0.15, 0.2) is 0 Å². The normalized spacial score (nSPS) is 24.3. The number of rotatable bonds is 2. The fraction of sp³-hybridized carbons (Fsp3) is 0.500. The molecule has 1 aromatic carbocycles. The molecule has 0 spiro atoms. The minimum absolute atomic E-state index is 0.419. The molecule has 3 rings (SSSR count). The second-order valence-electron chi connectivity index (χ2n) is 4.94. The fourth-order valence-electron chi connectivity index (χ4n) is 2.56. The van der Waals surface area contributed by atoms with Gasteiger partial charge in [0.1, 0.15) is 10.8 Å². The first kappa shape index (κ1) is 11.9. The lowest BCUT2D eigenvalue weighted by Crippen LogP contribution is -2.32. The molecule has 0 radical (unpaired) electrons. The number of hydrogen-bond acceptors (Lipinski definition) is 4. The lowest BCUT2D eigenvalue weighted by atomic mass is 9.93. The highest BCUT2D eigenvalue weighted by atomic mass is 32.1. The molecule has 1 aliphatic rings. The predicted molar refractivity (Wildman–Crippen MR) is 75.3 cm³/mol. The van der Waals surface area contributed by atoms with Gasteiger partial charge in [-0.1, -0.05) is 6.92 Å². The van der Waals surface area contributed by atoms with Gasteiger partial charge in [0, 0.05) is 0 Å². The van der Waals surface area contributed by atoms with Crippen molar-refractivity contribution >= 4 is 21.6 Å². The zero-order valence-electron chi connectivity index (χ0n) is 10.8. The van der Waals surface area contributed by atoms with Crippen LogP contribution < -0.4 is 10.1 Å². The van der Waals surface area contributed by atoms with Crippen LogP contribution in [0.15, 0.2) is 18.2 Å². The molecule has 0 amide bonds. The van der Waals surface area contributed by atoms with Crippen LogP contribution in [0.4, 0.5) is 0 Å². The molecule has 2 unspecified atom stereocenters. The molecule has 2 heterocycles. The summed E-state index contributed by atoms with van der Waals surface area (Å²) in [6.45, 7) is 3.41. The molecule has 1 N–H and O–H groups in total. The maximum Gasteiger partial charge on any atom is 0.120 e. The summed E-state index contributed by atoms with van der Waals surface area (Å²) >= 11 is 1.78. The quantitative estimate of drug-likeness (QED) is 0.901. The highest BCUT2D eigenvalue weighted by molar-refractivity contribution is 7.18. The average Bonchev–Trinajstić information content (AvgIpc) is 2.81. The molecule has 0 saturated carbocycles. The molecule has 2 aromatic rings. The second-order valence-corrected chi connectivity index (χ2v) is 6.00. The molecule has 4 heteroatoms. The van der Waals surface area contributed by atoms with Gasteiger partial charge in [-0.2, -0.15) is 0 Å². The van der Waals surface area contributed by atoms with Crippen LogP contribution >= 0.6 is 11.3 Å². The van der Waals surface area contributed by atoms with Crippen molar-refractivity contribution in [1.29, 1.82) is 0 Å². The smallest absolute Gasteiger partial charge is 0.120 e. The summed E-state index contributed by atoms with van der Waals surface area (Å²) in [5.41, 5.74) is 1.08. The van der Waals surface area contributed by atoms with Crippen molar-refractivity contribution in [2.24, 2.45) is 5.92 Å². The lowest BCUT2D eigenvalue weighted by molar-refractivity contribution is 0.305. The van der Waals surface area contributed by atoms with Crippen molar-refractivity contribution in [2.45, 2.75) is 25.8 Å². The Balaban J connectivity index is 1.97. The maximum atomic E-state index is 5.26. The standard InChI is InChI=1S/C14H18N2OS/c1-9-4-3-7-15-13(9)14-16-11-6-5-10(17-2)8-12(11)18-14/h5-6,8-9,13,15H,3-4,7H2,1-2H3. The first-order valence-electron chi connectivity index (χ1n) is 6.46. The zero-order chi connectivity index (χ0) is 12.5. The van der Waals surface area contributed by atoms with Crippen LogP contribution in [-0.4, -0.2) is 18.6 Å². The molecule has 1 aromatic heterocycles. The topological polar surface area (TPSA) is 34.1 Å². The van der Waals surface area contributed by atoms with E-state index in [2.05, 4.69) is 18.3 Å². The Morgan fingerprint density at radius 1 is 1.44 bits per heavy atom. The number of benzene rings is 1. The average molecular weight is 262 g/mol. The summed E-state index contributed by atoms with van der Waals surface area (Å²) in [7, 11) is 1.70. The van der Waals surface area contributed by atoms with E-state index in [1.165, 1.54) is 22.5 Å². The highest BCUT2D eigenvalue weighted by Crippen LogP contribution is 2.35. The van der Waals surface area contributed by atoms with Crippen LogP contribution in [0.25, 0.3) is 10.2 Å². The number of ether oxygens (including phenoxy) is 1. The van der Waals surface area contributed by atoms with Crippen molar-refractivity contribution < 1.29 is 4.74 Å². The Kier molecular flexibility index (Phi) is 3.22. The van der Waals surface area contributed by atoms with E-state index >= 15 is 0 Å². The van der Waals surface area contributed by atoms with E-state index in [1.807, 2.05) is 12.1 Å². The second kappa shape index (κ2) is 4.86. The summed E-state index contributed by atoms with van der Waals surface area (Å²) in [6, 6.07) is 6.51. The summed E-state index contributed by atoms with van der Waals surface area (Å²) < 4.78 is 6.47. The maximum absolute atomic E-state index is 5.26. The molecule has 18 heavy (non-hydrogen) atoms. The van der Waals surface area contributed by atoms with E-state index in [1.54, 1.807) is 18.4 Å². The molecule has 2 atom stereocenters. The molecule has 1 fully saturated rings. The molecular weight excluding hydrogens is 244 g/mol. The largest absolute Gasteiger partial charge is 0.497 e. The molecule has 1 saturated heterocycles. The molecule has 0 aliphatic carbocycles. The fourth-order valence-corrected chi connectivity index (χ4v) is 3.77. The van der Waals surface area contributed by atoms with Gasteiger partial charge in [-0.3, -0.25) is 0 Å². The van der Waals surface area contributed by atoms with Gasteiger partial charge in [-0.15, -0.1) is 11.3 Å². The van der Waals surface area contributed by atoms with E-state index in [4.69, 9.17) is 9.72 Å². The number of methoxy groups -OCH3 is 1. The number of nitrogens with zero attached hydrogens (tertiary/aromatic N) is 1. The number of aromatic nitrogens is 1. The van der Waals surface area contributed by atoms with E-state index in [9.17, 15) is 0 Å². The Morgan fingerprint density at radius 3 is 3.11 bits per heavy atom. The summed E-state index contributed by atoms with van der Waals surface area (Å²) in [6.07, 6.45) is 2.56. The van der Waals surface area contributed by atoms with Gasteiger partial charge in [0.2, 0.25) is 0 Å². The van der Waals surface area contributed by atoms with Crippen LogP contribution in [0, 0.1) is 5.92 Å². The summed E-state index contributed by atoms with van der Waals surface area (Å²) in [4.78, 5) is 4.76. The van der Waals surface area contributed by atoms with Gasteiger partial charge in [-0.25, -0.2) is 4.98 Å². The van der Waals surface area contributed by atoms with Crippen LogP contribution in [0.3, 0.4) is 0 Å². The van der Waals surface area contributed by atoms with Crippen molar-refractivity contribution in [3.8, 4) is 5.75 Å². The van der Waals surface area contributed by atoms with Crippen LogP contribution in [0.5, 0.6) is 5.75 Å². The van der Waals surface area contributed by atoms with E-state index < -0.39 is 0 Å². The van der Waals surface area contributed by atoms with Gasteiger partial charge < -0.3 is 10.1 Å². The molecular formula is C14H18N2OS. The van der Waals surface area contributed by atoms with Gasteiger partial charge in [0.05, 0.1) is 23.4 Å². The third kappa shape index (κ3) is 2.10. The third-order valence-corrected chi connectivity index (χ3v) is 4.75. The van der Waals surface area contributed by atoms with Crippen LogP contribution in [0.2, 0.25) is 0 Å². The number of piperidine rings is 1. The number of thiazole rings is 1.